The number of benzene rings is 9. The van der Waals surface area contributed by atoms with Crippen molar-refractivity contribution >= 4 is 27.8 Å². The van der Waals surface area contributed by atoms with Gasteiger partial charge in [-0.25, -0.2) is 0 Å². The second-order valence-electron chi connectivity index (χ2n) is 15.3. The quantitative estimate of drug-likeness (QED) is 0.166. The first-order chi connectivity index (χ1) is 27.7. The van der Waals surface area contributed by atoms with Gasteiger partial charge in [0.05, 0.1) is 16.8 Å². The van der Waals surface area contributed by atoms with Crippen LogP contribution in [0.1, 0.15) is 45.9 Å². The lowest BCUT2D eigenvalue weighted by atomic mass is 9.68. The lowest BCUT2D eigenvalue weighted by Crippen LogP contribution is -2.28. The first kappa shape index (κ1) is 32.5. The summed E-state index contributed by atoms with van der Waals surface area (Å²) < 4.78 is 0. The van der Waals surface area contributed by atoms with Crippen molar-refractivity contribution in [2.24, 2.45) is 0 Å². The molecule has 264 valence electrons. The average Bonchev–Trinajstić information content (AvgIpc) is 3.72. The summed E-state index contributed by atoms with van der Waals surface area (Å²) in [6, 6.07) is 80.9. The maximum absolute atomic E-state index is 2.54. The summed E-state index contributed by atoms with van der Waals surface area (Å²) in [5.41, 5.74) is 16.9. The smallest absolute Gasteiger partial charge is 0.0714 e. The van der Waals surface area contributed by atoms with Crippen LogP contribution >= 0.6 is 0 Å². The molecule has 2 aliphatic rings. The van der Waals surface area contributed by atoms with Crippen LogP contribution < -0.4 is 4.90 Å². The Balaban J connectivity index is 1.23. The minimum absolute atomic E-state index is 0.325. The summed E-state index contributed by atoms with van der Waals surface area (Å²) >= 11 is 0. The molecule has 0 spiro atoms. The van der Waals surface area contributed by atoms with E-state index in [9.17, 15) is 0 Å². The third-order valence-electron chi connectivity index (χ3n) is 12.6. The van der Waals surface area contributed by atoms with Crippen LogP contribution in [0.4, 0.5) is 17.1 Å². The van der Waals surface area contributed by atoms with Gasteiger partial charge in [-0.1, -0.05) is 194 Å². The molecule has 1 heteroatoms. The van der Waals surface area contributed by atoms with E-state index in [1.54, 1.807) is 0 Å². The van der Waals surface area contributed by atoms with Crippen LogP contribution in [-0.4, -0.2) is 0 Å². The molecule has 0 N–H and O–H groups in total. The molecule has 0 radical (unpaired) electrons. The van der Waals surface area contributed by atoms with Gasteiger partial charge in [-0.3, -0.25) is 0 Å². The standard InChI is InChI=1S/C55H39N/c1-54(39-21-5-2-6-22-39)47-30-15-13-28-44(47)45-36-35-42(37-50(45)54)56(51-33-17-20-38-19-11-12-27-43(38)51)52-34-18-32-49-53(52)46-29-14-16-31-48(46)55(49,40-23-7-3-8-24-40)41-25-9-4-10-26-41/h2-37H,1H3. The highest BCUT2D eigenvalue weighted by Gasteiger charge is 2.47. The van der Waals surface area contributed by atoms with Crippen molar-refractivity contribution in [1.29, 1.82) is 0 Å². The molecule has 0 aliphatic heterocycles. The fourth-order valence-electron chi connectivity index (χ4n) is 10.2. The molecule has 0 heterocycles. The number of hydrogen-bond donors (Lipinski definition) is 0. The number of hydrogen-bond acceptors (Lipinski definition) is 1. The van der Waals surface area contributed by atoms with E-state index in [4.69, 9.17) is 0 Å². The van der Waals surface area contributed by atoms with Gasteiger partial charge in [-0.2, -0.15) is 0 Å². The van der Waals surface area contributed by atoms with Gasteiger partial charge < -0.3 is 4.90 Å². The van der Waals surface area contributed by atoms with Crippen molar-refractivity contribution in [3.63, 3.8) is 0 Å². The van der Waals surface area contributed by atoms with E-state index in [1.165, 1.54) is 72.0 Å². The fourth-order valence-corrected chi connectivity index (χ4v) is 10.2. The molecule has 56 heavy (non-hydrogen) atoms. The Morgan fingerprint density at radius 1 is 0.357 bits per heavy atom. The molecule has 0 saturated heterocycles. The maximum atomic E-state index is 2.54. The summed E-state index contributed by atoms with van der Waals surface area (Å²) in [5, 5.41) is 2.43. The Morgan fingerprint density at radius 2 is 0.875 bits per heavy atom. The van der Waals surface area contributed by atoms with Crippen LogP contribution in [0.15, 0.2) is 218 Å². The van der Waals surface area contributed by atoms with Crippen molar-refractivity contribution in [2.45, 2.75) is 17.8 Å². The van der Waals surface area contributed by atoms with Crippen LogP contribution in [0.3, 0.4) is 0 Å². The Hall–Kier alpha value is -6.96. The highest BCUT2D eigenvalue weighted by molar-refractivity contribution is 6.04. The molecule has 0 aromatic heterocycles. The second-order valence-corrected chi connectivity index (χ2v) is 15.3. The van der Waals surface area contributed by atoms with Gasteiger partial charge in [0.2, 0.25) is 0 Å². The second kappa shape index (κ2) is 12.5. The number of nitrogens with zero attached hydrogens (tertiary/aromatic N) is 1. The summed E-state index contributed by atoms with van der Waals surface area (Å²) in [5.74, 6) is 0. The van der Waals surface area contributed by atoms with Gasteiger partial charge in [0.1, 0.15) is 0 Å². The number of fused-ring (bicyclic) bond motifs is 7. The van der Waals surface area contributed by atoms with E-state index in [0.29, 0.717) is 0 Å². The molecule has 9 aromatic carbocycles. The Kier molecular flexibility index (Phi) is 7.28. The van der Waals surface area contributed by atoms with Gasteiger partial charge >= 0.3 is 0 Å². The summed E-state index contributed by atoms with van der Waals surface area (Å²) in [6.07, 6.45) is 0. The van der Waals surface area contributed by atoms with Crippen LogP contribution in [0, 0.1) is 0 Å². The minimum Gasteiger partial charge on any atom is -0.309 e. The van der Waals surface area contributed by atoms with E-state index in [1.807, 2.05) is 0 Å². The number of anilines is 3. The van der Waals surface area contributed by atoms with Gasteiger partial charge in [-0.15, -0.1) is 0 Å². The third-order valence-corrected chi connectivity index (χ3v) is 12.6. The van der Waals surface area contributed by atoms with Crippen molar-refractivity contribution in [2.75, 3.05) is 4.90 Å². The van der Waals surface area contributed by atoms with Crippen LogP contribution in [0.5, 0.6) is 0 Å². The SMILES string of the molecule is CC1(c2ccccc2)c2ccccc2-c2ccc(N(c3cccc4c3-c3ccccc3C4(c3ccccc3)c3ccccc3)c3cccc4ccccc34)cc21. The lowest BCUT2D eigenvalue weighted by Gasteiger charge is -2.35. The zero-order chi connectivity index (χ0) is 37.3. The summed E-state index contributed by atoms with van der Waals surface area (Å²) in [6.45, 7) is 2.41. The van der Waals surface area contributed by atoms with Gasteiger partial charge in [-0.05, 0) is 92.2 Å². The Morgan fingerprint density at radius 3 is 1.61 bits per heavy atom. The van der Waals surface area contributed by atoms with Crippen LogP contribution in [0.25, 0.3) is 33.0 Å². The van der Waals surface area contributed by atoms with Crippen molar-refractivity contribution < 1.29 is 0 Å². The van der Waals surface area contributed by atoms with E-state index < -0.39 is 5.41 Å². The van der Waals surface area contributed by atoms with E-state index >= 15 is 0 Å². The van der Waals surface area contributed by atoms with Crippen molar-refractivity contribution in [3.05, 3.63) is 257 Å². The minimum atomic E-state index is -0.500. The molecule has 1 nitrogen and oxygen atoms in total. The van der Waals surface area contributed by atoms with Crippen molar-refractivity contribution in [3.8, 4) is 22.3 Å². The topological polar surface area (TPSA) is 3.24 Å². The molecular weight excluding hydrogens is 675 g/mol. The van der Waals surface area contributed by atoms with Gasteiger partial charge in [0.25, 0.3) is 0 Å². The van der Waals surface area contributed by atoms with E-state index in [-0.39, 0.29) is 5.41 Å². The Labute approximate surface area is 328 Å². The Bertz CT molecular complexity index is 2880. The van der Waals surface area contributed by atoms with Crippen LogP contribution in [0.2, 0.25) is 0 Å². The van der Waals surface area contributed by atoms with Gasteiger partial charge in [0, 0.05) is 22.1 Å². The largest absolute Gasteiger partial charge is 0.309 e. The molecule has 0 fully saturated rings. The first-order valence-corrected chi connectivity index (χ1v) is 19.6. The predicted molar refractivity (Wildman–Crippen MR) is 233 cm³/mol. The van der Waals surface area contributed by atoms with Gasteiger partial charge in [0.15, 0.2) is 0 Å². The van der Waals surface area contributed by atoms with E-state index in [2.05, 4.69) is 230 Å². The predicted octanol–water partition coefficient (Wildman–Crippen LogP) is 14.0. The molecule has 0 bridgehead atoms. The molecule has 9 aromatic rings. The zero-order valence-electron chi connectivity index (χ0n) is 31.2. The number of rotatable bonds is 6. The van der Waals surface area contributed by atoms with Crippen LogP contribution in [-0.2, 0) is 10.8 Å². The zero-order valence-corrected chi connectivity index (χ0v) is 31.2. The molecule has 1 unspecified atom stereocenters. The molecule has 0 amide bonds. The normalized spacial score (nSPS) is 15.8. The fraction of sp³-hybridized carbons (Fsp3) is 0.0545. The molecule has 0 saturated carbocycles. The molecule has 1 atom stereocenters. The molecular formula is C55H39N. The average molecular weight is 714 g/mol. The first-order valence-electron chi connectivity index (χ1n) is 19.6. The van der Waals surface area contributed by atoms with E-state index in [0.717, 1.165) is 17.1 Å². The molecule has 2 aliphatic carbocycles. The third kappa shape index (κ3) is 4.49. The van der Waals surface area contributed by atoms with Crippen molar-refractivity contribution in [1.82, 2.24) is 0 Å². The lowest BCUT2D eigenvalue weighted by molar-refractivity contribution is 0.714. The monoisotopic (exact) mass is 713 g/mol. The highest BCUT2D eigenvalue weighted by Crippen LogP contribution is 2.60. The summed E-state index contributed by atoms with van der Waals surface area (Å²) in [4.78, 5) is 2.54. The maximum Gasteiger partial charge on any atom is 0.0714 e. The molecule has 11 rings (SSSR count). The highest BCUT2D eigenvalue weighted by atomic mass is 15.1. The summed E-state index contributed by atoms with van der Waals surface area (Å²) in [7, 11) is 0.